The molecule has 1 aromatic rings. The van der Waals surface area contributed by atoms with Crippen molar-refractivity contribution in [3.63, 3.8) is 0 Å². The maximum absolute atomic E-state index is 11.6. The van der Waals surface area contributed by atoms with Crippen molar-refractivity contribution in [1.29, 1.82) is 0 Å². The lowest BCUT2D eigenvalue weighted by atomic mass is 10.1. The fourth-order valence-corrected chi connectivity index (χ4v) is 3.24. The average molecular weight is 325 g/mol. The number of amides is 2. The first-order valence-corrected chi connectivity index (χ1v) is 8.54. The lowest BCUT2D eigenvalue weighted by molar-refractivity contribution is -0.118. The summed E-state index contributed by atoms with van der Waals surface area (Å²) in [5.41, 5.74) is 1.65. The maximum atomic E-state index is 11.6. The van der Waals surface area contributed by atoms with Crippen LogP contribution in [-0.4, -0.2) is 37.6 Å². The molecule has 2 N–H and O–H groups in total. The molecule has 0 atom stereocenters. The van der Waals surface area contributed by atoms with E-state index < -0.39 is 16.1 Å². The minimum absolute atomic E-state index is 0.0250. The standard InChI is InChI=1S/C14H19N3O4S/c1-2-3-13(18)15-12-6-4-11(5-7-12)8-9-17-10-14(19)16-22(17,20)21/h4-7H,2-3,8-10H2,1H3,(H,15,18)(H,16,19). The number of benzene rings is 1. The number of carbonyl (C=O) groups is 2. The predicted octanol–water partition coefficient (Wildman–Crippen LogP) is 0.644. The molecule has 8 heteroatoms. The zero-order valence-electron chi connectivity index (χ0n) is 12.3. The Morgan fingerprint density at radius 3 is 2.55 bits per heavy atom. The van der Waals surface area contributed by atoms with Crippen LogP contribution in [0.3, 0.4) is 0 Å². The summed E-state index contributed by atoms with van der Waals surface area (Å²) < 4.78 is 26.2. The van der Waals surface area contributed by atoms with Crippen molar-refractivity contribution < 1.29 is 18.0 Å². The van der Waals surface area contributed by atoms with Crippen LogP contribution in [0.15, 0.2) is 24.3 Å². The Hall–Kier alpha value is -1.93. The van der Waals surface area contributed by atoms with Gasteiger partial charge in [-0.2, -0.15) is 12.7 Å². The molecule has 1 saturated heterocycles. The summed E-state index contributed by atoms with van der Waals surface area (Å²) in [7, 11) is -3.66. The van der Waals surface area contributed by atoms with E-state index in [1.165, 1.54) is 0 Å². The summed E-state index contributed by atoms with van der Waals surface area (Å²) >= 11 is 0. The van der Waals surface area contributed by atoms with Crippen LogP contribution in [-0.2, 0) is 26.2 Å². The van der Waals surface area contributed by atoms with E-state index in [0.29, 0.717) is 18.5 Å². The van der Waals surface area contributed by atoms with E-state index in [2.05, 4.69) is 5.32 Å². The van der Waals surface area contributed by atoms with Crippen molar-refractivity contribution >= 4 is 27.7 Å². The van der Waals surface area contributed by atoms with E-state index in [4.69, 9.17) is 0 Å². The molecular formula is C14H19N3O4S. The number of nitrogens with one attached hydrogen (secondary N) is 2. The first-order chi connectivity index (χ1) is 10.4. The molecule has 2 amide bonds. The summed E-state index contributed by atoms with van der Waals surface area (Å²) in [5, 5.41) is 2.79. The first kappa shape index (κ1) is 16.4. The molecule has 1 fully saturated rings. The third-order valence-corrected chi connectivity index (χ3v) is 4.74. The number of rotatable bonds is 6. The zero-order chi connectivity index (χ0) is 16.2. The monoisotopic (exact) mass is 325 g/mol. The summed E-state index contributed by atoms with van der Waals surface area (Å²) in [6.07, 6.45) is 1.77. The van der Waals surface area contributed by atoms with Gasteiger partial charge in [0.25, 0.3) is 0 Å². The minimum Gasteiger partial charge on any atom is -0.326 e. The van der Waals surface area contributed by atoms with Gasteiger partial charge in [-0.05, 0) is 30.5 Å². The van der Waals surface area contributed by atoms with Crippen molar-refractivity contribution in [2.24, 2.45) is 0 Å². The smallest absolute Gasteiger partial charge is 0.304 e. The Morgan fingerprint density at radius 1 is 1.32 bits per heavy atom. The molecule has 0 spiro atoms. The van der Waals surface area contributed by atoms with Crippen molar-refractivity contribution in [3.8, 4) is 0 Å². The lowest BCUT2D eigenvalue weighted by Crippen LogP contribution is -2.31. The van der Waals surface area contributed by atoms with Gasteiger partial charge in [0.15, 0.2) is 0 Å². The average Bonchev–Trinajstić information content (AvgIpc) is 2.70. The van der Waals surface area contributed by atoms with Crippen molar-refractivity contribution in [1.82, 2.24) is 9.03 Å². The molecule has 0 aliphatic carbocycles. The molecule has 0 aromatic heterocycles. The van der Waals surface area contributed by atoms with Gasteiger partial charge in [0, 0.05) is 18.7 Å². The molecule has 22 heavy (non-hydrogen) atoms. The van der Waals surface area contributed by atoms with Gasteiger partial charge in [-0.15, -0.1) is 0 Å². The van der Waals surface area contributed by atoms with Gasteiger partial charge in [-0.25, -0.2) is 4.72 Å². The molecule has 0 bridgehead atoms. The summed E-state index contributed by atoms with van der Waals surface area (Å²) in [4.78, 5) is 22.6. The second-order valence-electron chi connectivity index (χ2n) is 5.11. The zero-order valence-corrected chi connectivity index (χ0v) is 13.1. The normalized spacial score (nSPS) is 17.2. The highest BCUT2D eigenvalue weighted by molar-refractivity contribution is 7.88. The summed E-state index contributed by atoms with van der Waals surface area (Å²) in [6, 6.07) is 7.23. The second kappa shape index (κ2) is 6.89. The molecule has 2 rings (SSSR count). The van der Waals surface area contributed by atoms with Crippen LogP contribution in [0.2, 0.25) is 0 Å². The SMILES string of the molecule is CCCC(=O)Nc1ccc(CCN2CC(=O)NS2(=O)=O)cc1. The molecule has 0 unspecified atom stereocenters. The Bertz CT molecular complexity index is 655. The highest BCUT2D eigenvalue weighted by atomic mass is 32.2. The molecule has 1 heterocycles. The van der Waals surface area contributed by atoms with E-state index in [9.17, 15) is 18.0 Å². The van der Waals surface area contributed by atoms with E-state index in [1.54, 1.807) is 12.1 Å². The van der Waals surface area contributed by atoms with Crippen LogP contribution in [0.1, 0.15) is 25.3 Å². The number of hydrogen-bond donors (Lipinski definition) is 2. The maximum Gasteiger partial charge on any atom is 0.304 e. The molecule has 7 nitrogen and oxygen atoms in total. The van der Waals surface area contributed by atoms with Crippen molar-refractivity contribution in [3.05, 3.63) is 29.8 Å². The fraction of sp³-hybridized carbons (Fsp3) is 0.429. The van der Waals surface area contributed by atoms with Crippen molar-refractivity contribution in [2.75, 3.05) is 18.4 Å². The van der Waals surface area contributed by atoms with Gasteiger partial charge < -0.3 is 5.32 Å². The number of anilines is 1. The third kappa shape index (κ3) is 4.28. The molecular weight excluding hydrogens is 306 g/mol. The Labute approximate surface area is 129 Å². The highest BCUT2D eigenvalue weighted by Crippen LogP contribution is 2.13. The van der Waals surface area contributed by atoms with Crippen LogP contribution in [0.4, 0.5) is 5.69 Å². The first-order valence-electron chi connectivity index (χ1n) is 7.10. The van der Waals surface area contributed by atoms with Crippen LogP contribution < -0.4 is 10.0 Å². The van der Waals surface area contributed by atoms with E-state index in [1.807, 2.05) is 23.8 Å². The topological polar surface area (TPSA) is 95.6 Å². The molecule has 1 aliphatic heterocycles. The second-order valence-corrected chi connectivity index (χ2v) is 6.78. The molecule has 0 radical (unpaired) electrons. The third-order valence-electron chi connectivity index (χ3n) is 3.27. The lowest BCUT2D eigenvalue weighted by Gasteiger charge is -2.12. The number of carbonyl (C=O) groups excluding carboxylic acids is 2. The molecule has 0 saturated carbocycles. The minimum atomic E-state index is -3.66. The van der Waals surface area contributed by atoms with E-state index in [-0.39, 0.29) is 19.0 Å². The Balaban J connectivity index is 1.89. The largest absolute Gasteiger partial charge is 0.326 e. The summed E-state index contributed by atoms with van der Waals surface area (Å²) in [6.45, 7) is 2.05. The quantitative estimate of drug-likeness (QED) is 0.802. The van der Waals surface area contributed by atoms with Gasteiger partial charge in [-0.3, -0.25) is 9.59 Å². The van der Waals surface area contributed by atoms with E-state index >= 15 is 0 Å². The van der Waals surface area contributed by atoms with Gasteiger partial charge >= 0.3 is 10.2 Å². The Kier molecular flexibility index (Phi) is 5.15. The van der Waals surface area contributed by atoms with Crippen LogP contribution in [0.5, 0.6) is 0 Å². The van der Waals surface area contributed by atoms with Crippen LogP contribution >= 0.6 is 0 Å². The van der Waals surface area contributed by atoms with Gasteiger partial charge in [0.2, 0.25) is 11.8 Å². The summed E-state index contributed by atoms with van der Waals surface area (Å²) in [5.74, 6) is -0.531. The highest BCUT2D eigenvalue weighted by Gasteiger charge is 2.33. The Morgan fingerprint density at radius 2 is 2.00 bits per heavy atom. The van der Waals surface area contributed by atoms with Crippen LogP contribution in [0, 0.1) is 0 Å². The predicted molar refractivity (Wildman–Crippen MR) is 82.3 cm³/mol. The van der Waals surface area contributed by atoms with Gasteiger partial charge in [-0.1, -0.05) is 19.1 Å². The molecule has 1 aliphatic rings. The number of nitrogens with zero attached hydrogens (tertiary/aromatic N) is 1. The van der Waals surface area contributed by atoms with Crippen molar-refractivity contribution in [2.45, 2.75) is 26.2 Å². The molecule has 120 valence electrons. The van der Waals surface area contributed by atoms with E-state index in [0.717, 1.165) is 16.3 Å². The fourth-order valence-electron chi connectivity index (χ4n) is 2.14. The van der Waals surface area contributed by atoms with Gasteiger partial charge in [0.05, 0.1) is 6.54 Å². The van der Waals surface area contributed by atoms with Crippen LogP contribution in [0.25, 0.3) is 0 Å². The van der Waals surface area contributed by atoms with Gasteiger partial charge in [0.1, 0.15) is 0 Å². The number of hydrogen-bond acceptors (Lipinski definition) is 4. The molecule has 1 aromatic carbocycles.